The van der Waals surface area contributed by atoms with Gasteiger partial charge < -0.3 is 14.8 Å². The molecule has 0 aliphatic carbocycles. The van der Waals surface area contributed by atoms with Crippen molar-refractivity contribution in [3.05, 3.63) is 29.3 Å². The van der Waals surface area contributed by atoms with Gasteiger partial charge in [-0.2, -0.15) is 0 Å². The Morgan fingerprint density at radius 1 is 1.10 bits per heavy atom. The average molecular weight is 305 g/mol. The molecule has 0 unspecified atom stereocenters. The molecule has 0 aliphatic rings. The van der Waals surface area contributed by atoms with Crippen molar-refractivity contribution in [2.45, 2.75) is 17.9 Å². The molecule has 3 nitrogen and oxygen atoms in total. The Balaban J connectivity index is 2.52. The number of rotatable bonds is 10. The number of ether oxygens (including phenoxy) is 2. The molecular weight excluding hydrogens is 284 g/mol. The summed E-state index contributed by atoms with van der Waals surface area (Å²) in [6.45, 7) is 2.23. The van der Waals surface area contributed by atoms with E-state index in [4.69, 9.17) is 9.47 Å². The highest BCUT2D eigenvalue weighted by Gasteiger charge is 2.11. The van der Waals surface area contributed by atoms with Crippen molar-refractivity contribution < 1.29 is 18.3 Å². The summed E-state index contributed by atoms with van der Waals surface area (Å²) in [5.41, 5.74) is 0.595. The molecule has 0 bridgehead atoms. The predicted octanol–water partition coefficient (Wildman–Crippen LogP) is 2.83. The van der Waals surface area contributed by atoms with Gasteiger partial charge >= 0.3 is 0 Å². The largest absolute Gasteiger partial charge is 0.385 e. The van der Waals surface area contributed by atoms with Crippen LogP contribution in [0.1, 0.15) is 12.0 Å². The van der Waals surface area contributed by atoms with Gasteiger partial charge in [0, 0.05) is 39.7 Å². The normalized spacial score (nSPS) is 11.0. The first kappa shape index (κ1) is 17.4. The highest BCUT2D eigenvalue weighted by atomic mass is 32.2. The predicted molar refractivity (Wildman–Crippen MR) is 77.2 cm³/mol. The first-order valence-electron chi connectivity index (χ1n) is 6.48. The fraction of sp³-hybridized carbons (Fsp3) is 0.571. The summed E-state index contributed by atoms with van der Waals surface area (Å²) < 4.78 is 37.5. The number of methoxy groups -OCH3 is 2. The van der Waals surface area contributed by atoms with Gasteiger partial charge in [0.1, 0.15) is 11.6 Å². The van der Waals surface area contributed by atoms with Crippen LogP contribution >= 0.6 is 11.8 Å². The molecular formula is C14H21F2NO2S. The topological polar surface area (TPSA) is 30.5 Å². The lowest BCUT2D eigenvalue weighted by atomic mass is 10.2. The Morgan fingerprint density at radius 3 is 2.35 bits per heavy atom. The number of halogens is 2. The van der Waals surface area contributed by atoms with Crippen LogP contribution in [-0.4, -0.2) is 39.7 Å². The van der Waals surface area contributed by atoms with E-state index in [1.807, 2.05) is 0 Å². The lowest BCUT2D eigenvalue weighted by Gasteiger charge is -2.09. The van der Waals surface area contributed by atoms with Crippen LogP contribution in [0.3, 0.4) is 0 Å². The highest BCUT2D eigenvalue weighted by Crippen LogP contribution is 2.26. The molecule has 0 spiro atoms. The van der Waals surface area contributed by atoms with Crippen molar-refractivity contribution in [1.82, 2.24) is 5.32 Å². The minimum absolute atomic E-state index is 0.0849. The van der Waals surface area contributed by atoms with Gasteiger partial charge in [-0.3, -0.25) is 0 Å². The molecule has 0 aliphatic heterocycles. The van der Waals surface area contributed by atoms with Gasteiger partial charge in [-0.05, 0) is 24.1 Å². The van der Waals surface area contributed by atoms with E-state index < -0.39 is 11.6 Å². The maximum atomic E-state index is 13.9. The summed E-state index contributed by atoms with van der Waals surface area (Å²) in [6.07, 6.45) is 0.764. The highest BCUT2D eigenvalue weighted by molar-refractivity contribution is 7.99. The second kappa shape index (κ2) is 10.1. The van der Waals surface area contributed by atoms with Crippen LogP contribution in [0.2, 0.25) is 0 Å². The van der Waals surface area contributed by atoms with Crippen LogP contribution in [0.5, 0.6) is 0 Å². The fourth-order valence-electron chi connectivity index (χ4n) is 1.64. The fourth-order valence-corrected chi connectivity index (χ4v) is 2.50. The van der Waals surface area contributed by atoms with Gasteiger partial charge in [0.25, 0.3) is 0 Å². The summed E-state index contributed by atoms with van der Waals surface area (Å²) in [6, 6.07) is 2.75. The summed E-state index contributed by atoms with van der Waals surface area (Å²) in [5.74, 6) is -0.375. The Kier molecular flexibility index (Phi) is 8.77. The van der Waals surface area contributed by atoms with Crippen LogP contribution in [0.4, 0.5) is 8.78 Å². The lowest BCUT2D eigenvalue weighted by molar-refractivity contribution is 0.199. The molecule has 0 fully saturated rings. The zero-order chi connectivity index (χ0) is 14.8. The molecule has 1 rings (SSSR count). The third-order valence-corrected chi connectivity index (χ3v) is 3.78. The second-order valence-corrected chi connectivity index (χ2v) is 5.36. The van der Waals surface area contributed by atoms with Crippen LogP contribution in [0.25, 0.3) is 0 Å². The Bertz CT molecular complexity index is 382. The maximum absolute atomic E-state index is 13.9. The molecule has 114 valence electrons. The van der Waals surface area contributed by atoms with Crippen molar-refractivity contribution in [1.29, 1.82) is 0 Å². The minimum atomic E-state index is -0.504. The number of nitrogens with one attached hydrogen (secondary N) is 1. The van der Waals surface area contributed by atoms with Crippen LogP contribution in [-0.2, 0) is 16.0 Å². The van der Waals surface area contributed by atoms with Gasteiger partial charge in [-0.15, -0.1) is 11.8 Å². The zero-order valence-corrected chi connectivity index (χ0v) is 12.7. The van der Waals surface area contributed by atoms with Crippen molar-refractivity contribution in [2.24, 2.45) is 0 Å². The first-order valence-corrected chi connectivity index (χ1v) is 7.47. The number of benzene rings is 1. The van der Waals surface area contributed by atoms with E-state index in [0.29, 0.717) is 37.6 Å². The van der Waals surface area contributed by atoms with Gasteiger partial charge in [0.2, 0.25) is 0 Å². The molecule has 0 aromatic heterocycles. The number of hydrogen-bond donors (Lipinski definition) is 1. The Labute approximate surface area is 123 Å². The van der Waals surface area contributed by atoms with Crippen LogP contribution < -0.4 is 5.32 Å². The van der Waals surface area contributed by atoms with Gasteiger partial charge in [0.05, 0.1) is 11.5 Å². The average Bonchev–Trinajstić information content (AvgIpc) is 2.42. The van der Waals surface area contributed by atoms with Crippen LogP contribution in [0.15, 0.2) is 17.0 Å². The van der Waals surface area contributed by atoms with E-state index in [1.54, 1.807) is 14.2 Å². The van der Waals surface area contributed by atoms with E-state index in [9.17, 15) is 8.78 Å². The van der Waals surface area contributed by atoms with Gasteiger partial charge in [-0.1, -0.05) is 0 Å². The standard InChI is InChI=1S/C14H21F2NO2S/c1-18-5-3-7-20-14-12(15)8-11(9-13(14)16)10-17-4-6-19-2/h8-9,17H,3-7,10H2,1-2H3. The third-order valence-electron chi connectivity index (χ3n) is 2.61. The van der Waals surface area contributed by atoms with Crippen LogP contribution in [0, 0.1) is 11.6 Å². The van der Waals surface area contributed by atoms with Crippen molar-refractivity contribution in [2.75, 3.05) is 39.7 Å². The van der Waals surface area contributed by atoms with E-state index in [1.165, 1.54) is 23.9 Å². The number of hydrogen-bond acceptors (Lipinski definition) is 4. The molecule has 6 heteroatoms. The van der Waals surface area contributed by atoms with Crippen molar-refractivity contribution >= 4 is 11.8 Å². The Morgan fingerprint density at radius 2 is 1.75 bits per heavy atom. The Hall–Kier alpha value is -0.690. The quantitative estimate of drug-likeness (QED) is 0.532. The molecule has 1 aromatic carbocycles. The van der Waals surface area contributed by atoms with E-state index in [0.717, 1.165) is 6.42 Å². The summed E-state index contributed by atoms with van der Waals surface area (Å²) >= 11 is 1.18. The SMILES string of the molecule is COCCCSc1c(F)cc(CNCCOC)cc1F. The van der Waals surface area contributed by atoms with E-state index in [2.05, 4.69) is 5.32 Å². The van der Waals surface area contributed by atoms with Gasteiger partial charge in [0.15, 0.2) is 0 Å². The molecule has 1 N–H and O–H groups in total. The summed E-state index contributed by atoms with van der Waals surface area (Å²) in [7, 11) is 3.22. The smallest absolute Gasteiger partial charge is 0.140 e. The minimum Gasteiger partial charge on any atom is -0.385 e. The lowest BCUT2D eigenvalue weighted by Crippen LogP contribution is -2.18. The molecule has 0 radical (unpaired) electrons. The monoisotopic (exact) mass is 305 g/mol. The van der Waals surface area contributed by atoms with Crippen molar-refractivity contribution in [3.8, 4) is 0 Å². The van der Waals surface area contributed by atoms with Crippen molar-refractivity contribution in [3.63, 3.8) is 0 Å². The number of thioether (sulfide) groups is 1. The summed E-state index contributed by atoms with van der Waals surface area (Å²) in [4.78, 5) is 0.0849. The molecule has 0 atom stereocenters. The van der Waals surface area contributed by atoms with Gasteiger partial charge in [-0.25, -0.2) is 8.78 Å². The molecule has 0 saturated carbocycles. The summed E-state index contributed by atoms with van der Waals surface area (Å²) in [5, 5.41) is 3.05. The molecule has 0 amide bonds. The molecule has 0 heterocycles. The molecule has 20 heavy (non-hydrogen) atoms. The van der Waals surface area contributed by atoms with E-state index in [-0.39, 0.29) is 4.90 Å². The molecule has 0 saturated heterocycles. The zero-order valence-electron chi connectivity index (χ0n) is 11.9. The molecule has 1 aromatic rings. The second-order valence-electron chi connectivity index (χ2n) is 4.25. The van der Waals surface area contributed by atoms with E-state index >= 15 is 0 Å². The maximum Gasteiger partial charge on any atom is 0.140 e. The third kappa shape index (κ3) is 6.17. The first-order chi connectivity index (χ1) is 9.69.